The summed E-state index contributed by atoms with van der Waals surface area (Å²) in [4.78, 5) is 42.0. The van der Waals surface area contributed by atoms with Gasteiger partial charge in [-0.15, -0.1) is 35.0 Å². The topological polar surface area (TPSA) is 631 Å². The van der Waals surface area contributed by atoms with Crippen molar-refractivity contribution in [2.24, 2.45) is 40.9 Å². The molecule has 1 aromatic heterocycles. The van der Waals surface area contributed by atoms with Gasteiger partial charge in [-0.05, 0) is 90.7 Å². The molecule has 13 N–H and O–H groups in total. The van der Waals surface area contributed by atoms with E-state index in [1.807, 2.05) is 5.10 Å². The number of benzene rings is 7. The third-order valence-electron chi connectivity index (χ3n) is 11.9. The number of nitrogens with two attached hydrogens (primary N) is 1. The summed E-state index contributed by atoms with van der Waals surface area (Å²) >= 11 is 0.0122. The Morgan fingerprint density at radius 3 is 1.79 bits per heavy atom. The van der Waals surface area contributed by atoms with Crippen LogP contribution >= 0.6 is 12.0 Å². The third-order valence-corrected chi connectivity index (χ3v) is 16.9. The van der Waals surface area contributed by atoms with Crippen LogP contribution in [0.4, 0.5) is 56.9 Å². The molecule has 0 saturated carbocycles. The highest BCUT2D eigenvalue weighted by molar-refractivity contribution is 7.94. The van der Waals surface area contributed by atoms with Gasteiger partial charge in [-0.25, -0.2) is 19.5 Å². The molecular formula is C44H30N12O27S6. The number of non-ortho nitro benzene ring substituents is 1. The number of nitrogen functional groups attached to an aromatic ring is 1. The van der Waals surface area contributed by atoms with Crippen LogP contribution in [0.5, 0.6) is 11.5 Å². The molecule has 0 spiro atoms. The van der Waals surface area contributed by atoms with E-state index in [2.05, 4.69) is 50.3 Å². The zero-order valence-corrected chi connectivity index (χ0v) is 47.9. The van der Waals surface area contributed by atoms with Gasteiger partial charge in [0.05, 0.1) is 60.5 Å². The summed E-state index contributed by atoms with van der Waals surface area (Å²) in [7, 11) is -26.5. The van der Waals surface area contributed by atoms with E-state index < -0.39 is 193 Å². The van der Waals surface area contributed by atoms with Gasteiger partial charge in [0, 0.05) is 22.9 Å². The molecule has 0 unspecified atom stereocenters. The van der Waals surface area contributed by atoms with E-state index in [9.17, 15) is 110 Å². The summed E-state index contributed by atoms with van der Waals surface area (Å²) < 4.78 is 179. The van der Waals surface area contributed by atoms with E-state index in [1.54, 1.807) is 0 Å². The van der Waals surface area contributed by atoms with Gasteiger partial charge < -0.3 is 26.2 Å². The summed E-state index contributed by atoms with van der Waals surface area (Å²) in [5.74, 6) is -5.96. The van der Waals surface area contributed by atoms with Crippen molar-refractivity contribution in [3.05, 3.63) is 122 Å². The number of aromatic amines is 1. The smallest absolute Gasteiger partial charge is 0.356 e. The van der Waals surface area contributed by atoms with E-state index in [1.165, 1.54) is 6.92 Å². The van der Waals surface area contributed by atoms with E-state index >= 15 is 0 Å². The highest BCUT2D eigenvalue weighted by atomic mass is 32.2. The molecule has 7 aromatic carbocycles. The normalized spacial score (nSPS) is 12.8. The van der Waals surface area contributed by atoms with Crippen molar-refractivity contribution in [2.75, 3.05) is 5.73 Å². The van der Waals surface area contributed by atoms with Crippen LogP contribution in [0.1, 0.15) is 26.4 Å². The summed E-state index contributed by atoms with van der Waals surface area (Å²) in [6, 6.07) is 10.5. The van der Waals surface area contributed by atoms with E-state index in [0.29, 0.717) is 41.1 Å². The molecule has 8 aromatic rings. The van der Waals surface area contributed by atoms with Crippen LogP contribution in [-0.4, -0.2) is 117 Å². The number of carboxylic acids is 2. The van der Waals surface area contributed by atoms with E-state index in [4.69, 9.17) is 11.0 Å². The van der Waals surface area contributed by atoms with Crippen LogP contribution in [0, 0.1) is 17.0 Å². The first kappa shape index (κ1) is 65.0. The van der Waals surface area contributed by atoms with Crippen molar-refractivity contribution in [2.45, 2.75) is 36.3 Å². The number of hydrogen-bond acceptors (Lipinski definition) is 30. The Hall–Kier alpha value is -10.0. The van der Waals surface area contributed by atoms with Crippen LogP contribution in [0.25, 0.3) is 27.2 Å². The van der Waals surface area contributed by atoms with Crippen molar-refractivity contribution < 1.29 is 114 Å². The Morgan fingerprint density at radius 2 is 1.19 bits per heavy atom. The molecule has 464 valence electrons. The number of hydrogen-bond donors (Lipinski definition) is 12. The minimum Gasteiger partial charge on any atom is -0.505 e. The zero-order chi connectivity index (χ0) is 65.8. The monoisotopic (exact) mass is 1350 g/mol. The number of nitrogens with one attached hydrogen (secondary N) is 1. The highest BCUT2D eigenvalue weighted by Crippen LogP contribution is 2.51. The lowest BCUT2D eigenvalue weighted by molar-refractivity contribution is -0.432. The van der Waals surface area contributed by atoms with E-state index in [0.717, 1.165) is 48.5 Å². The number of rotatable bonds is 20. The molecule has 0 fully saturated rings. The van der Waals surface area contributed by atoms with Gasteiger partial charge in [0.15, 0.2) is 22.9 Å². The fourth-order valence-corrected chi connectivity index (χ4v) is 11.6. The average Bonchev–Trinajstić information content (AvgIpc) is 0.967. The molecule has 1 heterocycles. The number of carbonyl (C=O) groups is 2. The Balaban J connectivity index is 1.17. The predicted molar refractivity (Wildman–Crippen MR) is 297 cm³/mol. The third kappa shape index (κ3) is 13.4. The summed E-state index contributed by atoms with van der Waals surface area (Å²) in [5, 5.41) is 96.4. The maximum absolute atomic E-state index is 13.5. The van der Waals surface area contributed by atoms with Gasteiger partial charge >= 0.3 is 11.9 Å². The number of H-pyrrole nitrogens is 1. The maximum Gasteiger partial charge on any atom is 0.356 e. The lowest BCUT2D eigenvalue weighted by atomic mass is 10.0. The second-order valence-corrected chi connectivity index (χ2v) is 25.2. The van der Waals surface area contributed by atoms with Gasteiger partial charge in [0.2, 0.25) is 0 Å². The first-order valence-electron chi connectivity index (χ1n) is 22.8. The van der Waals surface area contributed by atoms with Gasteiger partial charge in [-0.2, -0.15) is 52.3 Å². The van der Waals surface area contributed by atoms with Crippen LogP contribution in [-0.2, 0) is 60.0 Å². The standard InChI is InChI=1S/C44H30N12O27S6/c1-16-8-26(49-53-38-39(44(62)63)54-55(42(38)59)28-7-4-20(85(67,68)69)12-22(28)43(60)61)32(88(76,77)78)14-25(16)48-52-37-33(89(79,80)81)10-17-9-18(2-5-21(17)40(37)57)46-50-27-15-30(86(70,71)72)23-13-29(84-83-82-66)36(41(58)34(23)35(27)45)51-47-24-6-3-19(56(64)65)11-31(24)87(73,74)75/h2-15,54,57-58,66H,45H2,1H3,(H,60,61)(H,62,63)(H,67,68,69)(H,70,71,72)(H,73,74,75)(H,76,77,78)(H,79,80,81). The second kappa shape index (κ2) is 23.9. The molecule has 0 aliphatic heterocycles. The molecular weight excluding hydrogens is 1320 g/mol. The number of phenols is 2. The largest absolute Gasteiger partial charge is 0.505 e. The summed E-state index contributed by atoms with van der Waals surface area (Å²) in [5.41, 5.74) is -5.47. The number of fused-ring (bicyclic) bond motifs is 2. The molecule has 39 nitrogen and oxygen atoms in total. The van der Waals surface area contributed by atoms with Crippen LogP contribution in [0.2, 0.25) is 0 Å². The highest BCUT2D eigenvalue weighted by Gasteiger charge is 2.30. The van der Waals surface area contributed by atoms with Crippen molar-refractivity contribution in [1.82, 2.24) is 9.78 Å². The molecule has 0 aliphatic carbocycles. The van der Waals surface area contributed by atoms with Gasteiger partial charge in [0.1, 0.15) is 48.0 Å². The molecule has 89 heavy (non-hydrogen) atoms. The first-order valence-corrected chi connectivity index (χ1v) is 30.8. The number of aryl methyl sites for hydroxylation is 1. The number of anilines is 1. The van der Waals surface area contributed by atoms with Crippen molar-refractivity contribution in [1.29, 1.82) is 0 Å². The molecule has 8 rings (SSSR count). The Bertz CT molecular complexity index is 5230. The van der Waals surface area contributed by atoms with E-state index in [-0.39, 0.29) is 34.1 Å². The number of nitrogens with zero attached hydrogens (tertiary/aromatic N) is 10. The molecule has 0 amide bonds. The van der Waals surface area contributed by atoms with Gasteiger partial charge in [-0.1, -0.05) is 5.04 Å². The fraction of sp³-hybridized carbons (Fsp3) is 0.0227. The average molecular weight is 1350 g/mol. The zero-order valence-electron chi connectivity index (χ0n) is 43.0. The quantitative estimate of drug-likeness (QED) is 0.00647. The number of nitro groups is 1. The number of aromatic hydroxyl groups is 2. The molecule has 0 saturated heterocycles. The molecule has 0 atom stereocenters. The maximum atomic E-state index is 13.5. The number of phenolic OH excluding ortho intramolecular Hbond substituents is 2. The fourth-order valence-electron chi connectivity index (χ4n) is 7.98. The predicted octanol–water partition coefficient (Wildman–Crippen LogP) is 8.40. The Labute approximate surface area is 497 Å². The number of nitro benzene ring substituents is 1. The molecule has 0 bridgehead atoms. The lowest BCUT2D eigenvalue weighted by Crippen LogP contribution is -2.18. The SMILES string of the molecule is Cc1cc(N=Nc2c(C(=O)O)[nH]n(-c3ccc(S(=O)(=O)O)cc3C(=O)O)c2=O)c(S(=O)(=O)O)cc1N=Nc1c(S(=O)(=O)O)cc2cc(N=Nc3cc(S(=O)(=O)O)c4cc(SOOO)c(N=Nc5ccc([N+](=O)[O-])cc5S(=O)(=O)O)c(O)c4c3N)ccc2c1O. The Kier molecular flexibility index (Phi) is 17.5. The minimum atomic E-state index is -5.43. The summed E-state index contributed by atoms with van der Waals surface area (Å²) in [6.45, 7) is 1.19. The molecule has 0 radical (unpaired) electrons. The number of azo groups is 4. The number of carboxylic acid groups (broad SMARTS) is 2. The molecule has 0 aliphatic rings. The van der Waals surface area contributed by atoms with Crippen LogP contribution < -0.4 is 11.3 Å². The van der Waals surface area contributed by atoms with Crippen molar-refractivity contribution in [3.63, 3.8) is 0 Å². The second-order valence-electron chi connectivity index (χ2n) is 17.5. The lowest BCUT2D eigenvalue weighted by Gasteiger charge is -2.14. The van der Waals surface area contributed by atoms with Crippen molar-refractivity contribution in [3.8, 4) is 17.2 Å². The van der Waals surface area contributed by atoms with Crippen LogP contribution in [0.15, 0.2) is 160 Å². The number of aromatic nitrogens is 2. The van der Waals surface area contributed by atoms with Gasteiger partial charge in [0.25, 0.3) is 61.8 Å². The number of aromatic carboxylic acids is 2. The first-order chi connectivity index (χ1) is 41.3. The minimum absolute atomic E-state index is 0.0122. The van der Waals surface area contributed by atoms with Crippen LogP contribution in [0.3, 0.4) is 0 Å². The van der Waals surface area contributed by atoms with Gasteiger partial charge in [-0.3, -0.25) is 42.8 Å². The van der Waals surface area contributed by atoms with Crippen molar-refractivity contribution >= 4 is 153 Å². The Morgan fingerprint density at radius 1 is 0.607 bits per heavy atom. The summed E-state index contributed by atoms with van der Waals surface area (Å²) in [6.07, 6.45) is 0. The molecule has 45 heteroatoms.